The number of nitrogens with zero attached hydrogens (tertiary/aromatic N) is 3. The summed E-state index contributed by atoms with van der Waals surface area (Å²) in [5.74, 6) is 1.89. The summed E-state index contributed by atoms with van der Waals surface area (Å²) in [7, 11) is 2.18. The second-order valence-electron chi connectivity index (χ2n) is 10.5. The van der Waals surface area contributed by atoms with Crippen molar-refractivity contribution < 1.29 is 4.57 Å². The van der Waals surface area contributed by atoms with Crippen molar-refractivity contribution in [1.82, 2.24) is 9.55 Å². The Morgan fingerprint density at radius 3 is 1.97 bits per heavy atom. The molecule has 2 aromatic heterocycles. The predicted molar refractivity (Wildman–Crippen MR) is 151 cm³/mol. The third-order valence-corrected chi connectivity index (χ3v) is 7.33. The zero-order chi connectivity index (χ0) is 25.6. The summed E-state index contributed by atoms with van der Waals surface area (Å²) in [5, 5.41) is 0. The number of imidazole rings is 1. The Bertz CT molecular complexity index is 1510. The molecule has 36 heavy (non-hydrogen) atoms. The normalized spacial score (nSPS) is 11.7. The Balaban J connectivity index is 1.96. The molecule has 0 N–H and O–H groups in total. The Kier molecular flexibility index (Phi) is 6.26. The van der Waals surface area contributed by atoms with Crippen LogP contribution in [0.25, 0.3) is 39.2 Å². The number of fused-ring (bicyclic) bond motifs is 1. The summed E-state index contributed by atoms with van der Waals surface area (Å²) in [6.45, 7) is 13.5. The Morgan fingerprint density at radius 2 is 1.36 bits per heavy atom. The van der Waals surface area contributed by atoms with Gasteiger partial charge in [-0.05, 0) is 72.7 Å². The van der Waals surface area contributed by atoms with Crippen LogP contribution >= 0.6 is 0 Å². The van der Waals surface area contributed by atoms with Crippen molar-refractivity contribution in [3.05, 3.63) is 101 Å². The molecule has 5 aromatic rings. The molecule has 3 nitrogen and oxygen atoms in total. The Morgan fingerprint density at radius 1 is 0.750 bits per heavy atom. The molecule has 0 amide bonds. The van der Waals surface area contributed by atoms with Crippen LogP contribution in [0.15, 0.2) is 79.0 Å². The summed E-state index contributed by atoms with van der Waals surface area (Å²) in [6, 6.07) is 26.4. The zero-order valence-electron chi connectivity index (χ0n) is 22.5. The molecule has 0 bridgehead atoms. The maximum atomic E-state index is 4.70. The van der Waals surface area contributed by atoms with Gasteiger partial charge in [-0.2, -0.15) is 4.57 Å². The highest BCUT2D eigenvalue weighted by atomic mass is 15.2. The van der Waals surface area contributed by atoms with Crippen molar-refractivity contribution in [2.75, 3.05) is 0 Å². The van der Waals surface area contributed by atoms with E-state index in [4.69, 9.17) is 4.98 Å². The van der Waals surface area contributed by atoms with E-state index in [2.05, 4.69) is 131 Å². The molecule has 0 aliphatic rings. The van der Waals surface area contributed by atoms with Crippen molar-refractivity contribution >= 4 is 11.0 Å². The van der Waals surface area contributed by atoms with E-state index in [1.165, 1.54) is 55.9 Å². The summed E-state index contributed by atoms with van der Waals surface area (Å²) < 4.78 is 4.84. The average molecular weight is 475 g/mol. The fourth-order valence-electron chi connectivity index (χ4n) is 5.47. The van der Waals surface area contributed by atoms with Crippen LogP contribution in [-0.2, 0) is 7.05 Å². The van der Waals surface area contributed by atoms with Crippen LogP contribution < -0.4 is 4.57 Å². The van der Waals surface area contributed by atoms with Gasteiger partial charge < -0.3 is 0 Å². The van der Waals surface area contributed by atoms with Crippen molar-refractivity contribution in [1.29, 1.82) is 0 Å². The lowest BCUT2D eigenvalue weighted by atomic mass is 9.88. The van der Waals surface area contributed by atoms with Crippen LogP contribution in [0, 0.1) is 13.8 Å². The molecule has 0 spiro atoms. The van der Waals surface area contributed by atoms with Gasteiger partial charge in [0.15, 0.2) is 11.0 Å². The van der Waals surface area contributed by atoms with Gasteiger partial charge in [0.25, 0.3) is 5.82 Å². The van der Waals surface area contributed by atoms with E-state index in [9.17, 15) is 0 Å². The first-order valence-corrected chi connectivity index (χ1v) is 12.9. The number of hydrogen-bond acceptors (Lipinski definition) is 1. The van der Waals surface area contributed by atoms with Gasteiger partial charge in [-0.25, -0.2) is 4.57 Å². The lowest BCUT2D eigenvalue weighted by Crippen LogP contribution is -2.31. The van der Waals surface area contributed by atoms with Crippen molar-refractivity contribution in [3.63, 3.8) is 0 Å². The second-order valence-corrected chi connectivity index (χ2v) is 10.5. The van der Waals surface area contributed by atoms with E-state index >= 15 is 0 Å². The predicted octanol–water partition coefficient (Wildman–Crippen LogP) is 8.05. The smallest absolute Gasteiger partial charge is 0.261 e. The first kappa shape index (κ1) is 24.0. The van der Waals surface area contributed by atoms with Gasteiger partial charge in [0.2, 0.25) is 0 Å². The van der Waals surface area contributed by atoms with E-state index in [0.717, 1.165) is 5.69 Å². The highest BCUT2D eigenvalue weighted by Crippen LogP contribution is 2.40. The minimum atomic E-state index is 0.358. The fourth-order valence-corrected chi connectivity index (χ4v) is 5.47. The van der Waals surface area contributed by atoms with Gasteiger partial charge in [-0.1, -0.05) is 70.2 Å². The van der Waals surface area contributed by atoms with Gasteiger partial charge in [-0.15, -0.1) is 0 Å². The van der Waals surface area contributed by atoms with Crippen LogP contribution in [0.3, 0.4) is 0 Å². The number of para-hydroxylation sites is 2. The van der Waals surface area contributed by atoms with Gasteiger partial charge in [0, 0.05) is 17.3 Å². The monoisotopic (exact) mass is 474 g/mol. The van der Waals surface area contributed by atoms with Gasteiger partial charge in [-0.3, -0.25) is 4.98 Å². The largest absolute Gasteiger partial charge is 0.297 e. The molecular formula is C33H36N3+. The first-order chi connectivity index (χ1) is 17.3. The maximum Gasteiger partial charge on any atom is 0.297 e. The summed E-state index contributed by atoms with van der Waals surface area (Å²) in [5.41, 5.74) is 12.5. The molecule has 0 aliphatic carbocycles. The number of hydrogen-bond donors (Lipinski definition) is 0. The molecule has 0 atom stereocenters. The summed E-state index contributed by atoms with van der Waals surface area (Å²) in [4.78, 5) is 4.70. The SMILES string of the molecule is Cc1ccnc(C)c1-c1n(-c2c(C(C)C)cc(-c3ccccc3)cc2C(C)C)c2ccccc2[n+]1C. The highest BCUT2D eigenvalue weighted by Gasteiger charge is 2.32. The quantitative estimate of drug-likeness (QED) is 0.236. The molecule has 0 saturated carbocycles. The molecule has 0 aliphatic heterocycles. The van der Waals surface area contributed by atoms with Crippen molar-refractivity contribution in [3.8, 4) is 28.2 Å². The van der Waals surface area contributed by atoms with Crippen LogP contribution in [0.5, 0.6) is 0 Å². The van der Waals surface area contributed by atoms with E-state index < -0.39 is 0 Å². The van der Waals surface area contributed by atoms with Gasteiger partial charge in [0.1, 0.15) is 5.69 Å². The molecule has 0 radical (unpaired) electrons. The van der Waals surface area contributed by atoms with Gasteiger partial charge >= 0.3 is 0 Å². The van der Waals surface area contributed by atoms with Crippen LogP contribution in [0.4, 0.5) is 0 Å². The van der Waals surface area contributed by atoms with Crippen molar-refractivity contribution in [2.24, 2.45) is 7.05 Å². The summed E-state index contributed by atoms with van der Waals surface area (Å²) in [6.07, 6.45) is 1.91. The molecule has 3 heteroatoms. The number of rotatable bonds is 5. The maximum absolute atomic E-state index is 4.70. The average Bonchev–Trinajstić information content (AvgIpc) is 3.15. The van der Waals surface area contributed by atoms with Crippen LogP contribution in [0.2, 0.25) is 0 Å². The number of benzene rings is 3. The highest BCUT2D eigenvalue weighted by molar-refractivity contribution is 5.82. The van der Waals surface area contributed by atoms with Crippen LogP contribution in [0.1, 0.15) is 61.9 Å². The Hall–Kier alpha value is -3.72. The molecule has 2 heterocycles. The van der Waals surface area contributed by atoms with E-state index in [-0.39, 0.29) is 0 Å². The minimum Gasteiger partial charge on any atom is -0.261 e. The molecule has 3 aromatic carbocycles. The molecule has 0 fully saturated rings. The molecule has 0 unspecified atom stereocenters. The summed E-state index contributed by atoms with van der Waals surface area (Å²) >= 11 is 0. The molecule has 182 valence electrons. The third kappa shape index (κ3) is 3.93. The first-order valence-electron chi connectivity index (χ1n) is 12.9. The van der Waals surface area contributed by atoms with Crippen molar-refractivity contribution in [2.45, 2.75) is 53.4 Å². The standard InChI is InChI=1S/C33H36N3/c1-21(2)27-19-26(25-13-9-8-10-14-25)20-28(22(3)4)32(27)36-30-16-12-11-15-29(30)35(7)33(36)31-23(5)17-18-34-24(31)6/h8-22H,1-7H3/q+1. The van der Waals surface area contributed by atoms with E-state index in [1.54, 1.807) is 0 Å². The number of aromatic nitrogens is 3. The topological polar surface area (TPSA) is 21.7 Å². The van der Waals surface area contributed by atoms with E-state index in [1.807, 2.05) is 6.20 Å². The molecule has 5 rings (SSSR count). The zero-order valence-corrected chi connectivity index (χ0v) is 22.5. The van der Waals surface area contributed by atoms with Gasteiger partial charge in [0.05, 0.1) is 18.3 Å². The number of pyridine rings is 1. The second kappa shape index (κ2) is 9.39. The third-order valence-electron chi connectivity index (χ3n) is 7.33. The van der Waals surface area contributed by atoms with E-state index in [0.29, 0.717) is 11.8 Å². The molecular weight excluding hydrogens is 438 g/mol. The lowest BCUT2D eigenvalue weighted by molar-refractivity contribution is -0.633. The number of aryl methyl sites for hydroxylation is 3. The van der Waals surface area contributed by atoms with Crippen LogP contribution in [-0.4, -0.2) is 9.55 Å². The lowest BCUT2D eigenvalue weighted by Gasteiger charge is -2.21. The Labute approximate surface area is 215 Å². The fraction of sp³-hybridized carbons (Fsp3) is 0.273. The molecule has 0 saturated heterocycles. The minimum absolute atomic E-state index is 0.358.